The molecule has 0 aliphatic carbocycles. The Morgan fingerprint density at radius 2 is 1.59 bits per heavy atom. The Hall–Kier alpha value is -2.28. The van der Waals surface area contributed by atoms with Crippen LogP contribution in [0.5, 0.6) is 0 Å². The lowest BCUT2D eigenvalue weighted by Gasteiger charge is -1.98. The van der Waals surface area contributed by atoms with E-state index in [-0.39, 0.29) is 1.43 Å². The topological polar surface area (TPSA) is 15.8 Å². The minimum atomic E-state index is 0. The Balaban J connectivity index is 0.000000349. The van der Waals surface area contributed by atoms with Gasteiger partial charge in [-0.05, 0) is 24.4 Å². The third-order valence-electron chi connectivity index (χ3n) is 4.15. The lowest BCUT2D eigenvalue weighted by molar-refractivity contribution is 0.886. The van der Waals surface area contributed by atoms with Crippen LogP contribution in [0.15, 0.2) is 54.6 Å². The van der Waals surface area contributed by atoms with Crippen molar-refractivity contribution in [2.45, 2.75) is 33.6 Å². The zero-order valence-electron chi connectivity index (χ0n) is 13.6. The monoisotopic (exact) mass is 291 g/mol. The number of hydrogen-bond donors (Lipinski definition) is 1. The van der Waals surface area contributed by atoms with Crippen LogP contribution in [0.1, 0.15) is 33.7 Å². The molecular weight excluding hydrogens is 266 g/mol. The molecule has 0 saturated carbocycles. The third kappa shape index (κ3) is 2.59. The van der Waals surface area contributed by atoms with Gasteiger partial charge < -0.3 is 4.98 Å². The van der Waals surface area contributed by atoms with Crippen molar-refractivity contribution in [1.29, 1.82) is 0 Å². The lowest BCUT2D eigenvalue weighted by atomic mass is 10.1. The number of benzene rings is 3. The number of aromatic amines is 1. The maximum Gasteiger partial charge on any atom is 0.0544 e. The van der Waals surface area contributed by atoms with Crippen LogP contribution in [0, 0.1) is 6.92 Å². The highest BCUT2D eigenvalue weighted by atomic mass is 14.7. The molecule has 4 rings (SSSR count). The van der Waals surface area contributed by atoms with E-state index in [1.165, 1.54) is 51.0 Å². The highest BCUT2D eigenvalue weighted by molar-refractivity contribution is 6.16. The van der Waals surface area contributed by atoms with Gasteiger partial charge in [-0.3, -0.25) is 0 Å². The highest BCUT2D eigenvalue weighted by Gasteiger charge is 2.06. The summed E-state index contributed by atoms with van der Waals surface area (Å²) in [6.07, 6.45) is 2.64. The molecule has 1 aromatic heterocycles. The van der Waals surface area contributed by atoms with Crippen LogP contribution >= 0.6 is 0 Å². The number of aryl methyl sites for hydroxylation is 1. The number of rotatable bonds is 1. The first-order valence-corrected chi connectivity index (χ1v) is 8.14. The third-order valence-corrected chi connectivity index (χ3v) is 4.15. The van der Waals surface area contributed by atoms with E-state index in [4.69, 9.17) is 0 Å². The second kappa shape index (κ2) is 6.23. The quantitative estimate of drug-likeness (QED) is 0.395. The molecule has 3 aromatic carbocycles. The van der Waals surface area contributed by atoms with Gasteiger partial charge in [0.25, 0.3) is 0 Å². The lowest BCUT2D eigenvalue weighted by Crippen LogP contribution is -1.74. The summed E-state index contributed by atoms with van der Waals surface area (Å²) < 4.78 is 0. The zero-order chi connectivity index (χ0) is 15.5. The van der Waals surface area contributed by atoms with Gasteiger partial charge in [0, 0.05) is 23.1 Å². The van der Waals surface area contributed by atoms with Crippen LogP contribution in [-0.4, -0.2) is 4.98 Å². The molecule has 0 atom stereocenters. The first-order chi connectivity index (χ1) is 10.7. The van der Waals surface area contributed by atoms with Gasteiger partial charge in [0.15, 0.2) is 0 Å². The summed E-state index contributed by atoms with van der Waals surface area (Å²) in [6.45, 7) is 6.50. The molecule has 0 saturated heterocycles. The van der Waals surface area contributed by atoms with Gasteiger partial charge in [0.1, 0.15) is 0 Å². The fourth-order valence-electron chi connectivity index (χ4n) is 2.76. The summed E-state index contributed by atoms with van der Waals surface area (Å²) in [4.78, 5) is 3.55. The summed E-state index contributed by atoms with van der Waals surface area (Å²) in [5, 5.41) is 5.21. The predicted octanol–water partition coefficient (Wildman–Crippen LogP) is 6.84. The Morgan fingerprint density at radius 3 is 2.36 bits per heavy atom. The van der Waals surface area contributed by atoms with Gasteiger partial charge in [-0.1, -0.05) is 74.7 Å². The maximum atomic E-state index is 3.55. The predicted molar refractivity (Wildman–Crippen MR) is 101 cm³/mol. The minimum absolute atomic E-state index is 0. The zero-order valence-corrected chi connectivity index (χ0v) is 13.6. The van der Waals surface area contributed by atoms with Crippen molar-refractivity contribution in [1.82, 2.24) is 4.98 Å². The molecule has 1 heteroatoms. The van der Waals surface area contributed by atoms with E-state index in [0.29, 0.717) is 0 Å². The standard InChI is InChI=1S/C17H13N.C4H10.H2/c1-11-6-9-16-15(10-11)14-8-7-12-4-2-3-5-13(12)17(14)18-16;1-3-4-2;/h2-10,18H,1H3;3-4H2,1-2H3;1H. The van der Waals surface area contributed by atoms with Crippen LogP contribution in [0.4, 0.5) is 0 Å². The SMILES string of the molecule is CCCC.Cc1ccc2[nH]c3c4ccccc4ccc3c2c1.[HH]. The Bertz CT molecular complexity index is 919. The molecule has 0 unspecified atom stereocenters. The molecular formula is C21H25N. The first kappa shape index (κ1) is 14.6. The van der Waals surface area contributed by atoms with Crippen molar-refractivity contribution in [3.63, 3.8) is 0 Å². The molecule has 4 aromatic rings. The molecule has 0 aliphatic rings. The second-order valence-electron chi connectivity index (χ2n) is 5.88. The van der Waals surface area contributed by atoms with Crippen molar-refractivity contribution in [2.75, 3.05) is 0 Å². The number of H-pyrrole nitrogens is 1. The molecule has 114 valence electrons. The molecule has 22 heavy (non-hydrogen) atoms. The van der Waals surface area contributed by atoms with E-state index in [1.807, 2.05) is 0 Å². The molecule has 0 aliphatic heterocycles. The second-order valence-corrected chi connectivity index (χ2v) is 5.88. The summed E-state index contributed by atoms with van der Waals surface area (Å²) >= 11 is 0. The van der Waals surface area contributed by atoms with Crippen molar-refractivity contribution in [3.05, 3.63) is 60.2 Å². The summed E-state index contributed by atoms with van der Waals surface area (Å²) in [5.74, 6) is 0. The van der Waals surface area contributed by atoms with Gasteiger partial charge in [-0.15, -0.1) is 0 Å². The average Bonchev–Trinajstić information content (AvgIpc) is 2.93. The van der Waals surface area contributed by atoms with E-state index < -0.39 is 0 Å². The fraction of sp³-hybridized carbons (Fsp3) is 0.238. The number of unbranched alkanes of at least 4 members (excludes halogenated alkanes) is 1. The Morgan fingerprint density at radius 1 is 0.818 bits per heavy atom. The van der Waals surface area contributed by atoms with Crippen LogP contribution in [-0.2, 0) is 0 Å². The van der Waals surface area contributed by atoms with E-state index in [1.54, 1.807) is 0 Å². The van der Waals surface area contributed by atoms with Crippen LogP contribution in [0.3, 0.4) is 0 Å². The van der Waals surface area contributed by atoms with Crippen molar-refractivity contribution in [3.8, 4) is 0 Å². The number of nitrogens with one attached hydrogen (secondary N) is 1. The highest BCUT2D eigenvalue weighted by Crippen LogP contribution is 2.31. The molecule has 1 heterocycles. The number of hydrogen-bond acceptors (Lipinski definition) is 0. The van der Waals surface area contributed by atoms with Gasteiger partial charge in [0.05, 0.1) is 5.52 Å². The molecule has 1 nitrogen and oxygen atoms in total. The van der Waals surface area contributed by atoms with Gasteiger partial charge in [-0.25, -0.2) is 0 Å². The van der Waals surface area contributed by atoms with Crippen molar-refractivity contribution < 1.29 is 1.43 Å². The Kier molecular flexibility index (Phi) is 4.15. The minimum Gasteiger partial charge on any atom is -0.354 e. The van der Waals surface area contributed by atoms with Crippen molar-refractivity contribution in [2.24, 2.45) is 0 Å². The van der Waals surface area contributed by atoms with Gasteiger partial charge in [-0.2, -0.15) is 0 Å². The van der Waals surface area contributed by atoms with E-state index in [0.717, 1.165) is 0 Å². The van der Waals surface area contributed by atoms with E-state index in [9.17, 15) is 0 Å². The molecule has 0 amide bonds. The fourth-order valence-corrected chi connectivity index (χ4v) is 2.76. The molecule has 0 spiro atoms. The van der Waals surface area contributed by atoms with E-state index >= 15 is 0 Å². The normalized spacial score (nSPS) is 10.9. The molecule has 0 fully saturated rings. The van der Waals surface area contributed by atoms with Gasteiger partial charge >= 0.3 is 0 Å². The van der Waals surface area contributed by atoms with E-state index in [2.05, 4.69) is 80.4 Å². The molecule has 0 bridgehead atoms. The summed E-state index contributed by atoms with van der Waals surface area (Å²) in [5.41, 5.74) is 3.76. The number of aromatic nitrogens is 1. The molecule has 1 N–H and O–H groups in total. The Labute approximate surface area is 133 Å². The average molecular weight is 291 g/mol. The summed E-state index contributed by atoms with van der Waals surface area (Å²) in [6, 6.07) is 19.5. The number of fused-ring (bicyclic) bond motifs is 5. The molecule has 0 radical (unpaired) electrons. The smallest absolute Gasteiger partial charge is 0.0544 e. The first-order valence-electron chi connectivity index (χ1n) is 8.14. The van der Waals surface area contributed by atoms with Crippen molar-refractivity contribution >= 4 is 32.6 Å². The maximum absolute atomic E-state index is 3.55. The summed E-state index contributed by atoms with van der Waals surface area (Å²) in [7, 11) is 0. The van der Waals surface area contributed by atoms with Crippen LogP contribution in [0.25, 0.3) is 32.6 Å². The van der Waals surface area contributed by atoms with Crippen LogP contribution in [0.2, 0.25) is 0 Å². The largest absolute Gasteiger partial charge is 0.354 e. The van der Waals surface area contributed by atoms with Gasteiger partial charge in [0.2, 0.25) is 0 Å². The van der Waals surface area contributed by atoms with Crippen LogP contribution < -0.4 is 0 Å².